The Hall–Kier alpha value is -0.450. The molecule has 0 atom stereocenters. The van der Waals surface area contributed by atoms with Crippen molar-refractivity contribution in [1.82, 2.24) is 0 Å². The van der Waals surface area contributed by atoms with Gasteiger partial charge in [-0.25, -0.2) is 0 Å². The fourth-order valence-electron chi connectivity index (χ4n) is 0.924. The lowest BCUT2D eigenvalue weighted by molar-refractivity contribution is 0.415. The largest absolute Gasteiger partial charge is 0.497 e. The molecule has 1 saturated heterocycles. The van der Waals surface area contributed by atoms with Crippen molar-refractivity contribution in [3.63, 3.8) is 0 Å². The summed E-state index contributed by atoms with van der Waals surface area (Å²) in [5.74, 6) is 0.901. The van der Waals surface area contributed by atoms with Gasteiger partial charge in [0.1, 0.15) is 9.28 Å². The zero-order chi connectivity index (χ0) is 11.1. The SMILES string of the molecule is CC=Cc1ccc(OC)cc1.S=C1SS1. The molecule has 0 unspecified atom stereocenters. The first-order valence-electron chi connectivity index (χ1n) is 4.41. The molecule has 0 radical (unpaired) electrons. The second-order valence-electron chi connectivity index (χ2n) is 2.69. The molecule has 15 heavy (non-hydrogen) atoms. The smallest absolute Gasteiger partial charge is 0.126 e. The Morgan fingerprint density at radius 2 is 1.73 bits per heavy atom. The molecule has 0 bridgehead atoms. The quantitative estimate of drug-likeness (QED) is 0.440. The van der Waals surface area contributed by atoms with Crippen LogP contribution >= 0.6 is 33.8 Å². The molecule has 1 aliphatic heterocycles. The Morgan fingerprint density at radius 3 is 2.07 bits per heavy atom. The third kappa shape index (κ3) is 5.87. The van der Waals surface area contributed by atoms with Crippen molar-refractivity contribution in [2.45, 2.75) is 6.92 Å². The Bertz CT molecular complexity index is 337. The van der Waals surface area contributed by atoms with Crippen LogP contribution < -0.4 is 4.74 Å². The van der Waals surface area contributed by atoms with Gasteiger partial charge in [-0.3, -0.25) is 0 Å². The van der Waals surface area contributed by atoms with E-state index in [0.29, 0.717) is 0 Å². The predicted octanol–water partition coefficient (Wildman–Crippen LogP) is 4.39. The minimum Gasteiger partial charge on any atom is -0.497 e. The van der Waals surface area contributed by atoms with E-state index in [4.69, 9.17) is 4.74 Å². The molecule has 0 N–H and O–H groups in total. The zero-order valence-corrected chi connectivity index (χ0v) is 11.0. The Balaban J connectivity index is 0.000000234. The van der Waals surface area contributed by atoms with Crippen LogP contribution in [0.1, 0.15) is 12.5 Å². The van der Waals surface area contributed by atoms with Crippen molar-refractivity contribution in [1.29, 1.82) is 0 Å². The normalized spacial score (nSPS) is 13.3. The molecule has 2 rings (SSSR count). The first kappa shape index (κ1) is 12.6. The highest BCUT2D eigenvalue weighted by Crippen LogP contribution is 2.46. The Labute approximate surface area is 104 Å². The highest BCUT2D eigenvalue weighted by atomic mass is 33.2. The molecule has 0 aliphatic carbocycles. The molecule has 1 heterocycles. The van der Waals surface area contributed by atoms with Crippen molar-refractivity contribution < 1.29 is 4.74 Å². The van der Waals surface area contributed by atoms with Crippen LogP contribution in [0.15, 0.2) is 30.3 Å². The molecule has 1 aromatic rings. The first-order valence-corrected chi connectivity index (χ1v) is 6.97. The van der Waals surface area contributed by atoms with E-state index in [1.807, 2.05) is 37.3 Å². The number of benzene rings is 1. The highest BCUT2D eigenvalue weighted by molar-refractivity contribution is 9.12. The van der Waals surface area contributed by atoms with Crippen molar-refractivity contribution in [2.24, 2.45) is 0 Å². The van der Waals surface area contributed by atoms with Crippen LogP contribution in [0.2, 0.25) is 0 Å². The van der Waals surface area contributed by atoms with Crippen molar-refractivity contribution >= 4 is 43.4 Å². The van der Waals surface area contributed by atoms with Crippen molar-refractivity contribution in [2.75, 3.05) is 7.11 Å². The maximum Gasteiger partial charge on any atom is 0.126 e. The van der Waals surface area contributed by atoms with E-state index in [1.165, 1.54) is 5.56 Å². The van der Waals surface area contributed by atoms with Crippen LogP contribution in [0.4, 0.5) is 0 Å². The lowest BCUT2D eigenvalue weighted by Crippen LogP contribution is -1.80. The number of hydrogen-bond donors (Lipinski definition) is 0. The number of ether oxygens (including phenoxy) is 1. The van der Waals surface area contributed by atoms with Gasteiger partial charge in [0, 0.05) is 0 Å². The van der Waals surface area contributed by atoms with Gasteiger partial charge in [0.05, 0.1) is 7.11 Å². The third-order valence-electron chi connectivity index (χ3n) is 1.63. The fourth-order valence-corrected chi connectivity index (χ4v) is 1.37. The molecular formula is C11H12OS3. The van der Waals surface area contributed by atoms with Crippen LogP contribution in [0.25, 0.3) is 6.08 Å². The summed E-state index contributed by atoms with van der Waals surface area (Å²) in [5, 5.41) is 0. The molecular weight excluding hydrogens is 244 g/mol. The maximum atomic E-state index is 5.02. The van der Waals surface area contributed by atoms with Crippen molar-refractivity contribution in [3.8, 4) is 5.75 Å². The third-order valence-corrected chi connectivity index (χ3v) is 4.06. The summed E-state index contributed by atoms with van der Waals surface area (Å²) in [5.41, 5.74) is 1.20. The Kier molecular flexibility index (Phi) is 5.83. The molecule has 1 fully saturated rings. The average Bonchev–Trinajstić information content (AvgIpc) is 3.03. The molecule has 0 spiro atoms. The van der Waals surface area contributed by atoms with Gasteiger partial charge in [0.15, 0.2) is 0 Å². The minimum atomic E-state index is 0.901. The van der Waals surface area contributed by atoms with Crippen molar-refractivity contribution in [3.05, 3.63) is 35.9 Å². The maximum absolute atomic E-state index is 5.02. The molecule has 80 valence electrons. The van der Waals surface area contributed by atoms with Gasteiger partial charge >= 0.3 is 0 Å². The molecule has 4 heteroatoms. The molecule has 0 aromatic heterocycles. The zero-order valence-electron chi connectivity index (χ0n) is 8.60. The molecule has 1 aromatic carbocycles. The summed E-state index contributed by atoms with van der Waals surface area (Å²) in [6, 6.07) is 7.96. The van der Waals surface area contributed by atoms with Crippen LogP contribution in [-0.2, 0) is 0 Å². The molecule has 1 aliphatic rings. The van der Waals surface area contributed by atoms with E-state index in [1.54, 1.807) is 28.7 Å². The second-order valence-corrected chi connectivity index (χ2v) is 6.02. The van der Waals surface area contributed by atoms with Gasteiger partial charge in [0.2, 0.25) is 0 Å². The molecule has 0 saturated carbocycles. The number of rotatable bonds is 2. The first-order chi connectivity index (χ1) is 7.26. The summed E-state index contributed by atoms with van der Waals surface area (Å²) in [4.78, 5) is 0. The highest BCUT2D eigenvalue weighted by Gasteiger charge is 2.11. The average molecular weight is 256 g/mol. The van der Waals surface area contributed by atoms with E-state index < -0.39 is 0 Å². The number of thiocarbonyl (C=S) groups is 1. The standard InChI is InChI=1S/C10H12O.CS3/c1-3-4-9-5-7-10(11-2)8-6-9;2-1-3-4-1/h3-8H,1-2H3;. The summed E-state index contributed by atoms with van der Waals surface area (Å²) < 4.78 is 6.11. The van der Waals surface area contributed by atoms with Gasteiger partial charge in [-0.2, -0.15) is 0 Å². The van der Waals surface area contributed by atoms with Gasteiger partial charge in [-0.05, 0) is 46.2 Å². The van der Waals surface area contributed by atoms with E-state index in [9.17, 15) is 0 Å². The summed E-state index contributed by atoms with van der Waals surface area (Å²) in [6.07, 6.45) is 4.07. The second kappa shape index (κ2) is 6.93. The molecule has 0 amide bonds. The van der Waals surface area contributed by atoms with Gasteiger partial charge in [-0.15, -0.1) is 0 Å². The van der Waals surface area contributed by atoms with Gasteiger partial charge < -0.3 is 4.74 Å². The number of hydrogen-bond acceptors (Lipinski definition) is 4. The minimum absolute atomic E-state index is 0.901. The van der Waals surface area contributed by atoms with Crippen LogP contribution in [0, 0.1) is 0 Å². The monoisotopic (exact) mass is 256 g/mol. The van der Waals surface area contributed by atoms with E-state index in [-0.39, 0.29) is 0 Å². The topological polar surface area (TPSA) is 9.23 Å². The lowest BCUT2D eigenvalue weighted by atomic mass is 10.2. The lowest BCUT2D eigenvalue weighted by Gasteiger charge is -1.98. The van der Waals surface area contributed by atoms with Crippen LogP contribution in [0.3, 0.4) is 0 Å². The van der Waals surface area contributed by atoms with E-state index in [0.717, 1.165) is 9.28 Å². The van der Waals surface area contributed by atoms with Crippen LogP contribution in [-0.4, -0.2) is 10.6 Å². The van der Waals surface area contributed by atoms with Gasteiger partial charge in [-0.1, -0.05) is 36.5 Å². The Morgan fingerprint density at radius 1 is 1.20 bits per heavy atom. The number of methoxy groups -OCH3 is 1. The van der Waals surface area contributed by atoms with E-state index >= 15 is 0 Å². The van der Waals surface area contributed by atoms with Gasteiger partial charge in [0.25, 0.3) is 0 Å². The van der Waals surface area contributed by atoms with E-state index in [2.05, 4.69) is 18.3 Å². The summed E-state index contributed by atoms with van der Waals surface area (Å²) in [7, 11) is 5.01. The summed E-state index contributed by atoms with van der Waals surface area (Å²) in [6.45, 7) is 2.00. The van der Waals surface area contributed by atoms with Crippen LogP contribution in [0.5, 0.6) is 5.75 Å². The fraction of sp³-hybridized carbons (Fsp3) is 0.182. The number of allylic oxidation sites excluding steroid dienone is 1. The summed E-state index contributed by atoms with van der Waals surface area (Å²) >= 11 is 4.57. The predicted molar refractivity (Wildman–Crippen MR) is 75.5 cm³/mol. The molecule has 1 nitrogen and oxygen atoms in total.